The van der Waals surface area contributed by atoms with Crippen LogP contribution in [-0.2, 0) is 14.3 Å². The van der Waals surface area contributed by atoms with E-state index in [-0.39, 0.29) is 18.1 Å². The van der Waals surface area contributed by atoms with Crippen LogP contribution in [0.1, 0.15) is 23.8 Å². The number of aromatic nitrogens is 3. The number of amides is 2. The summed E-state index contributed by atoms with van der Waals surface area (Å²) in [5.41, 5.74) is 1.98. The highest BCUT2D eigenvalue weighted by molar-refractivity contribution is 9.10. The van der Waals surface area contributed by atoms with Crippen molar-refractivity contribution in [3.05, 3.63) is 63.2 Å². The fourth-order valence-electron chi connectivity index (χ4n) is 3.28. The van der Waals surface area contributed by atoms with E-state index >= 15 is 0 Å². The number of anilines is 2. The minimum Gasteiger partial charge on any atom is -0.466 e. The SMILES string of the molecule is CCOC(=O)CC(=O)Nc1cccc2cc(C(=O)Nc3ccc(Br)cc3-c3noc(=O)[nH]3)[nH]c12. The Morgan fingerprint density at radius 3 is 2.65 bits per heavy atom. The number of benzene rings is 2. The first-order chi connectivity index (χ1) is 16.3. The third-order valence-corrected chi connectivity index (χ3v) is 5.20. The highest BCUT2D eigenvalue weighted by atomic mass is 79.9. The number of fused-ring (bicyclic) bond motifs is 1. The number of hydrogen-bond donors (Lipinski definition) is 4. The second-order valence-electron chi connectivity index (χ2n) is 7.07. The molecule has 4 rings (SSSR count). The van der Waals surface area contributed by atoms with Crippen LogP contribution in [0.15, 0.2) is 56.3 Å². The third-order valence-electron chi connectivity index (χ3n) is 4.71. The maximum Gasteiger partial charge on any atom is 0.439 e. The first kappa shape index (κ1) is 23.0. The maximum atomic E-state index is 13.0. The average Bonchev–Trinajstić information content (AvgIpc) is 3.42. The molecule has 4 aromatic rings. The molecular formula is C22H18BrN5O6. The summed E-state index contributed by atoms with van der Waals surface area (Å²) < 4.78 is 10.1. The molecule has 2 amide bonds. The van der Waals surface area contributed by atoms with Crippen LogP contribution in [0.3, 0.4) is 0 Å². The van der Waals surface area contributed by atoms with Gasteiger partial charge in [-0.25, -0.2) is 4.79 Å². The molecular weight excluding hydrogens is 510 g/mol. The van der Waals surface area contributed by atoms with Crippen molar-refractivity contribution < 1.29 is 23.6 Å². The molecule has 0 aliphatic heterocycles. The first-order valence-electron chi connectivity index (χ1n) is 10.1. The number of H-pyrrole nitrogens is 2. The van der Waals surface area contributed by atoms with Gasteiger partial charge in [0.2, 0.25) is 5.91 Å². The number of nitrogens with zero attached hydrogens (tertiary/aromatic N) is 1. The van der Waals surface area contributed by atoms with Gasteiger partial charge < -0.3 is 20.4 Å². The number of aromatic amines is 2. The summed E-state index contributed by atoms with van der Waals surface area (Å²) >= 11 is 3.35. The summed E-state index contributed by atoms with van der Waals surface area (Å²) in [5.74, 6) is -2.19. The number of carbonyl (C=O) groups excluding carboxylic acids is 3. The van der Waals surface area contributed by atoms with Gasteiger partial charge in [-0.05, 0) is 37.3 Å². The number of nitrogens with one attached hydrogen (secondary N) is 4. The van der Waals surface area contributed by atoms with Gasteiger partial charge in [-0.3, -0.25) is 23.9 Å². The van der Waals surface area contributed by atoms with E-state index < -0.39 is 30.0 Å². The van der Waals surface area contributed by atoms with Crippen LogP contribution >= 0.6 is 15.9 Å². The number of rotatable bonds is 7. The lowest BCUT2D eigenvalue weighted by atomic mass is 10.1. The standard InChI is InChI=1S/C22H18BrN5O6/c1-2-33-18(30)10-17(29)24-15-5-3-4-11-8-16(25-19(11)15)21(31)26-14-7-6-12(23)9-13(14)20-27-22(32)34-28-20/h3-9,25H,2,10H2,1H3,(H,24,29)(H,26,31)(H,27,28,32). The highest BCUT2D eigenvalue weighted by Crippen LogP contribution is 2.29. The van der Waals surface area contributed by atoms with E-state index in [9.17, 15) is 19.2 Å². The van der Waals surface area contributed by atoms with Crippen molar-refractivity contribution in [3.8, 4) is 11.4 Å². The van der Waals surface area contributed by atoms with Crippen LogP contribution < -0.4 is 16.4 Å². The van der Waals surface area contributed by atoms with Crippen LogP contribution in [0.2, 0.25) is 0 Å². The second kappa shape index (κ2) is 9.75. The number of carbonyl (C=O) groups is 3. The van der Waals surface area contributed by atoms with Gasteiger partial charge in [0, 0.05) is 15.4 Å². The van der Waals surface area contributed by atoms with Gasteiger partial charge in [-0.1, -0.05) is 33.2 Å². The van der Waals surface area contributed by atoms with Gasteiger partial charge in [0.05, 0.1) is 23.5 Å². The molecule has 0 fully saturated rings. The zero-order chi connectivity index (χ0) is 24.2. The summed E-state index contributed by atoms with van der Waals surface area (Å²) in [6.45, 7) is 1.84. The van der Waals surface area contributed by atoms with Gasteiger partial charge in [0.1, 0.15) is 12.1 Å². The Morgan fingerprint density at radius 2 is 1.91 bits per heavy atom. The van der Waals surface area contributed by atoms with Crippen molar-refractivity contribution >= 4 is 56.0 Å². The van der Waals surface area contributed by atoms with Crippen LogP contribution in [0.4, 0.5) is 11.4 Å². The van der Waals surface area contributed by atoms with Crippen molar-refractivity contribution in [1.82, 2.24) is 15.1 Å². The quantitative estimate of drug-likeness (QED) is 0.211. The number of hydrogen-bond acceptors (Lipinski definition) is 7. The van der Waals surface area contributed by atoms with Crippen molar-refractivity contribution in [2.24, 2.45) is 0 Å². The molecule has 0 radical (unpaired) electrons. The number of halogens is 1. The number of esters is 1. The summed E-state index contributed by atoms with van der Waals surface area (Å²) in [4.78, 5) is 53.5. The van der Waals surface area contributed by atoms with Crippen LogP contribution in [0, 0.1) is 0 Å². The number of para-hydroxylation sites is 1. The molecule has 0 bridgehead atoms. The van der Waals surface area contributed by atoms with E-state index in [4.69, 9.17) is 4.74 Å². The molecule has 0 saturated carbocycles. The van der Waals surface area contributed by atoms with Gasteiger partial charge in [0.25, 0.3) is 5.91 Å². The summed E-state index contributed by atoms with van der Waals surface area (Å²) in [6.07, 6.45) is -0.422. The Balaban J connectivity index is 1.58. The van der Waals surface area contributed by atoms with Crippen molar-refractivity contribution in [3.63, 3.8) is 0 Å². The lowest BCUT2D eigenvalue weighted by Crippen LogP contribution is -2.18. The maximum absolute atomic E-state index is 13.0. The smallest absolute Gasteiger partial charge is 0.439 e. The molecule has 2 aromatic heterocycles. The summed E-state index contributed by atoms with van der Waals surface area (Å²) in [5, 5.41) is 9.79. The molecule has 34 heavy (non-hydrogen) atoms. The van der Waals surface area contributed by atoms with E-state index in [1.54, 1.807) is 49.4 Å². The van der Waals surface area contributed by atoms with E-state index in [1.807, 2.05) is 0 Å². The number of ether oxygens (including phenoxy) is 1. The third kappa shape index (κ3) is 5.07. The molecule has 0 aliphatic carbocycles. The Hall–Kier alpha value is -4.19. The van der Waals surface area contributed by atoms with Crippen LogP contribution in [0.5, 0.6) is 0 Å². The molecule has 12 heteroatoms. The minimum absolute atomic E-state index is 0.157. The Kier molecular flexibility index (Phi) is 6.59. The fourth-order valence-corrected chi connectivity index (χ4v) is 3.64. The molecule has 0 saturated heterocycles. The van der Waals surface area contributed by atoms with Crippen molar-refractivity contribution in [2.75, 3.05) is 17.2 Å². The molecule has 0 atom stereocenters. The van der Waals surface area contributed by atoms with E-state index in [0.717, 1.165) is 0 Å². The average molecular weight is 528 g/mol. The molecule has 11 nitrogen and oxygen atoms in total. The van der Waals surface area contributed by atoms with Gasteiger partial charge >= 0.3 is 11.7 Å². The normalized spacial score (nSPS) is 10.8. The van der Waals surface area contributed by atoms with Crippen molar-refractivity contribution in [1.29, 1.82) is 0 Å². The summed E-state index contributed by atoms with van der Waals surface area (Å²) in [7, 11) is 0. The lowest BCUT2D eigenvalue weighted by molar-refractivity contribution is -0.145. The molecule has 2 heterocycles. The van der Waals surface area contributed by atoms with E-state index in [0.29, 0.717) is 32.3 Å². The van der Waals surface area contributed by atoms with E-state index in [2.05, 4.69) is 46.2 Å². The first-order valence-corrected chi connectivity index (χ1v) is 10.9. The molecule has 0 unspecified atom stereocenters. The lowest BCUT2D eigenvalue weighted by Gasteiger charge is -2.09. The Labute approximate surface area is 200 Å². The Morgan fingerprint density at radius 1 is 1.09 bits per heavy atom. The molecule has 2 aromatic carbocycles. The van der Waals surface area contributed by atoms with Crippen LogP contribution in [0.25, 0.3) is 22.3 Å². The van der Waals surface area contributed by atoms with Gasteiger partial charge in [-0.15, -0.1) is 0 Å². The predicted octanol–water partition coefficient (Wildman–Crippen LogP) is 3.42. The highest BCUT2D eigenvalue weighted by Gasteiger charge is 2.18. The second-order valence-corrected chi connectivity index (χ2v) is 7.99. The fraction of sp³-hybridized carbons (Fsp3) is 0.136. The molecule has 0 spiro atoms. The topological polar surface area (TPSA) is 159 Å². The summed E-state index contributed by atoms with van der Waals surface area (Å²) in [6, 6.07) is 11.8. The Bertz CT molecular complexity index is 1450. The largest absolute Gasteiger partial charge is 0.466 e. The monoisotopic (exact) mass is 527 g/mol. The zero-order valence-corrected chi connectivity index (χ0v) is 19.3. The van der Waals surface area contributed by atoms with Gasteiger partial charge in [0.15, 0.2) is 5.82 Å². The zero-order valence-electron chi connectivity index (χ0n) is 17.7. The molecule has 0 aliphatic rings. The predicted molar refractivity (Wildman–Crippen MR) is 126 cm³/mol. The van der Waals surface area contributed by atoms with E-state index in [1.165, 1.54) is 0 Å². The minimum atomic E-state index is -0.722. The van der Waals surface area contributed by atoms with Gasteiger partial charge in [-0.2, -0.15) is 0 Å². The van der Waals surface area contributed by atoms with Crippen LogP contribution in [-0.4, -0.2) is 39.5 Å². The molecule has 174 valence electrons. The van der Waals surface area contributed by atoms with Crippen molar-refractivity contribution in [2.45, 2.75) is 13.3 Å². The molecule has 4 N–H and O–H groups in total.